The number of hydrogen-bond acceptors (Lipinski definition) is 2. The van der Waals surface area contributed by atoms with Gasteiger partial charge in [-0.15, -0.1) is 0 Å². The Morgan fingerprint density at radius 3 is 2.38 bits per heavy atom. The number of hydrogen-bond donors (Lipinski definition) is 0. The molecule has 0 aliphatic heterocycles. The van der Waals surface area contributed by atoms with Crippen LogP contribution in [0.2, 0.25) is 10.0 Å². The third-order valence-electron chi connectivity index (χ3n) is 3.95. The van der Waals surface area contributed by atoms with Crippen molar-refractivity contribution in [2.24, 2.45) is 0 Å². The number of allylic oxidation sites excluding steroid dienone is 1. The smallest absolute Gasteiger partial charge is 0.148 e. The zero-order valence-electron chi connectivity index (χ0n) is 14.7. The van der Waals surface area contributed by atoms with Crippen molar-refractivity contribution in [2.75, 3.05) is 0 Å². The lowest BCUT2D eigenvalue weighted by atomic mass is 10.0. The summed E-state index contributed by atoms with van der Waals surface area (Å²) in [6, 6.07) is 17.0. The van der Waals surface area contributed by atoms with Crippen molar-refractivity contribution < 1.29 is 9.13 Å². The molecule has 0 spiro atoms. The van der Waals surface area contributed by atoms with Crippen molar-refractivity contribution in [3.63, 3.8) is 0 Å². The van der Waals surface area contributed by atoms with Gasteiger partial charge in [0.2, 0.25) is 0 Å². The van der Waals surface area contributed by atoms with Gasteiger partial charge < -0.3 is 4.74 Å². The molecule has 0 heterocycles. The summed E-state index contributed by atoms with van der Waals surface area (Å²) in [4.78, 5) is 0. The van der Waals surface area contributed by atoms with Crippen molar-refractivity contribution in [3.05, 3.63) is 96.1 Å². The molecule has 0 aliphatic rings. The van der Waals surface area contributed by atoms with E-state index in [2.05, 4.69) is 37.9 Å². The number of nitrogens with zero attached hydrogens (tertiary/aromatic N) is 1. The third-order valence-corrected chi connectivity index (χ3v) is 5.87. The van der Waals surface area contributed by atoms with Gasteiger partial charge >= 0.3 is 0 Å². The van der Waals surface area contributed by atoms with Crippen LogP contribution in [0.15, 0.2) is 63.5 Å². The summed E-state index contributed by atoms with van der Waals surface area (Å²) in [5.74, 6) is 0.217. The minimum absolute atomic E-state index is 0.302. The van der Waals surface area contributed by atoms with Crippen LogP contribution < -0.4 is 4.74 Å². The maximum Gasteiger partial charge on any atom is 0.148 e. The van der Waals surface area contributed by atoms with E-state index < -0.39 is 5.82 Å². The minimum Gasteiger partial charge on any atom is -0.487 e. The van der Waals surface area contributed by atoms with Crippen LogP contribution in [-0.2, 0) is 6.61 Å². The lowest BCUT2D eigenvalue weighted by molar-refractivity contribution is 0.302. The van der Waals surface area contributed by atoms with E-state index in [1.165, 1.54) is 12.1 Å². The molecule has 3 rings (SSSR count). The molecule has 0 atom stereocenters. The molecule has 0 saturated carbocycles. The average molecular weight is 556 g/mol. The molecule has 3 aromatic rings. The molecular weight excluding hydrogens is 544 g/mol. The molecule has 3 aromatic carbocycles. The Balaban J connectivity index is 1.85. The van der Waals surface area contributed by atoms with Crippen molar-refractivity contribution in [2.45, 2.75) is 6.61 Å². The first kappa shape index (κ1) is 21.9. The highest BCUT2D eigenvalue weighted by Crippen LogP contribution is 2.36. The molecule has 0 amide bonds. The van der Waals surface area contributed by atoms with Crippen LogP contribution in [-0.4, -0.2) is 0 Å². The van der Waals surface area contributed by atoms with E-state index in [-0.39, 0.29) is 0 Å². The van der Waals surface area contributed by atoms with Crippen LogP contribution in [0.1, 0.15) is 16.7 Å². The molecule has 0 bridgehead atoms. The maximum atomic E-state index is 13.5. The van der Waals surface area contributed by atoms with Crippen LogP contribution in [0.3, 0.4) is 0 Å². The van der Waals surface area contributed by atoms with Crippen molar-refractivity contribution in [1.29, 1.82) is 5.26 Å². The molecular formula is C22H12Br2Cl2FNO. The second kappa shape index (κ2) is 9.77. The van der Waals surface area contributed by atoms with Gasteiger partial charge in [-0.25, -0.2) is 4.39 Å². The van der Waals surface area contributed by atoms with E-state index in [0.717, 1.165) is 11.1 Å². The summed E-state index contributed by atoms with van der Waals surface area (Å²) >= 11 is 19.0. The van der Waals surface area contributed by atoms with Crippen LogP contribution >= 0.6 is 55.1 Å². The molecule has 0 aliphatic carbocycles. The monoisotopic (exact) mass is 553 g/mol. The molecule has 0 aromatic heterocycles. The van der Waals surface area contributed by atoms with E-state index in [9.17, 15) is 9.65 Å². The van der Waals surface area contributed by atoms with Gasteiger partial charge in [0.25, 0.3) is 0 Å². The lowest BCUT2D eigenvalue weighted by Crippen LogP contribution is -1.97. The Labute approximate surface area is 194 Å². The predicted octanol–water partition coefficient (Wildman–Crippen LogP) is 8.30. The molecule has 146 valence electrons. The molecule has 0 fully saturated rings. The summed E-state index contributed by atoms with van der Waals surface area (Å²) in [6.07, 6.45) is 1.69. The fourth-order valence-corrected chi connectivity index (χ4v) is 4.36. The van der Waals surface area contributed by atoms with Crippen LogP contribution in [0.4, 0.5) is 4.39 Å². The summed E-state index contributed by atoms with van der Waals surface area (Å²) < 4.78 is 20.8. The number of nitriles is 1. The minimum atomic E-state index is -0.392. The van der Waals surface area contributed by atoms with E-state index in [0.29, 0.717) is 42.5 Å². The van der Waals surface area contributed by atoms with Gasteiger partial charge in [-0.3, -0.25) is 0 Å². The Morgan fingerprint density at radius 1 is 1.03 bits per heavy atom. The summed E-state index contributed by atoms with van der Waals surface area (Å²) in [5, 5.41) is 10.4. The standard InChI is InChI=1S/C22H12Br2Cl2FNO/c23-18-7-14(6-16(11-28)15-2-1-3-17(27)10-15)8-19(24)22(18)29-12-13-4-5-20(25)21(26)9-13/h1-10H,12H2/b16-6-. The quantitative estimate of drug-likeness (QED) is 0.234. The fourth-order valence-electron chi connectivity index (χ4n) is 2.59. The average Bonchev–Trinajstić information content (AvgIpc) is 2.68. The van der Waals surface area contributed by atoms with Crippen LogP contribution in [0, 0.1) is 17.1 Å². The second-order valence-electron chi connectivity index (χ2n) is 6.03. The van der Waals surface area contributed by atoms with E-state index in [4.69, 9.17) is 27.9 Å². The summed E-state index contributed by atoms with van der Waals surface area (Å²) in [5.41, 5.74) is 2.50. The van der Waals surface area contributed by atoms with Gasteiger partial charge in [-0.2, -0.15) is 5.26 Å². The largest absolute Gasteiger partial charge is 0.487 e. The van der Waals surface area contributed by atoms with Gasteiger partial charge in [-0.1, -0.05) is 41.4 Å². The zero-order valence-corrected chi connectivity index (χ0v) is 19.4. The van der Waals surface area contributed by atoms with Gasteiger partial charge in [0.1, 0.15) is 18.2 Å². The second-order valence-corrected chi connectivity index (χ2v) is 8.55. The Bertz CT molecular complexity index is 1120. The summed E-state index contributed by atoms with van der Waals surface area (Å²) in [6.45, 7) is 0.302. The van der Waals surface area contributed by atoms with Crippen molar-refractivity contribution in [3.8, 4) is 11.8 Å². The van der Waals surface area contributed by atoms with Gasteiger partial charge in [0.15, 0.2) is 0 Å². The zero-order chi connectivity index (χ0) is 21.0. The highest BCUT2D eigenvalue weighted by molar-refractivity contribution is 9.11. The van der Waals surface area contributed by atoms with Crippen LogP contribution in [0.25, 0.3) is 11.6 Å². The maximum absolute atomic E-state index is 13.5. The van der Waals surface area contributed by atoms with Crippen molar-refractivity contribution >= 4 is 66.7 Å². The molecule has 0 unspecified atom stereocenters. The van der Waals surface area contributed by atoms with E-state index in [1.807, 2.05) is 18.2 Å². The number of benzene rings is 3. The molecule has 0 saturated heterocycles. The van der Waals surface area contributed by atoms with Crippen LogP contribution in [0.5, 0.6) is 5.75 Å². The molecule has 7 heteroatoms. The van der Waals surface area contributed by atoms with E-state index in [1.54, 1.807) is 30.3 Å². The number of halogens is 5. The first-order chi connectivity index (χ1) is 13.9. The molecule has 2 nitrogen and oxygen atoms in total. The normalized spacial score (nSPS) is 11.2. The van der Waals surface area contributed by atoms with E-state index >= 15 is 0 Å². The molecule has 0 radical (unpaired) electrons. The topological polar surface area (TPSA) is 33.0 Å². The molecule has 0 N–H and O–H groups in total. The highest BCUT2D eigenvalue weighted by Gasteiger charge is 2.11. The molecule has 29 heavy (non-hydrogen) atoms. The fraction of sp³-hybridized carbons (Fsp3) is 0.0455. The summed E-state index contributed by atoms with van der Waals surface area (Å²) in [7, 11) is 0. The SMILES string of the molecule is N#C/C(=C/c1cc(Br)c(OCc2ccc(Cl)c(Cl)c2)c(Br)c1)c1cccc(F)c1. The Kier molecular flexibility index (Phi) is 7.37. The third kappa shape index (κ3) is 5.61. The predicted molar refractivity (Wildman–Crippen MR) is 123 cm³/mol. The first-order valence-corrected chi connectivity index (χ1v) is 10.6. The first-order valence-electron chi connectivity index (χ1n) is 8.31. The lowest BCUT2D eigenvalue weighted by Gasteiger charge is -2.12. The highest BCUT2D eigenvalue weighted by atomic mass is 79.9. The Hall–Kier alpha value is -1.84. The van der Waals surface area contributed by atoms with Crippen molar-refractivity contribution in [1.82, 2.24) is 0 Å². The van der Waals surface area contributed by atoms with Gasteiger partial charge in [0.05, 0.1) is 30.6 Å². The van der Waals surface area contributed by atoms with Gasteiger partial charge in [-0.05, 0) is 91.0 Å². The van der Waals surface area contributed by atoms with Gasteiger partial charge in [0, 0.05) is 0 Å². The Morgan fingerprint density at radius 2 is 1.76 bits per heavy atom. The number of rotatable bonds is 5. The number of ether oxygens (including phenoxy) is 1.